The molecule has 24 heavy (non-hydrogen) atoms. The van der Waals surface area contributed by atoms with Crippen molar-refractivity contribution in [1.82, 2.24) is 9.88 Å². The van der Waals surface area contributed by atoms with Crippen molar-refractivity contribution in [3.8, 4) is 0 Å². The molecular weight excluding hydrogens is 366 g/mol. The molecule has 2 heterocycles. The molecule has 0 atom stereocenters. The van der Waals surface area contributed by atoms with Crippen LogP contribution in [0.2, 0.25) is 0 Å². The van der Waals surface area contributed by atoms with Crippen molar-refractivity contribution in [3.05, 3.63) is 58.3 Å². The van der Waals surface area contributed by atoms with Gasteiger partial charge in [0.25, 0.3) is 0 Å². The first kappa shape index (κ1) is 17.1. The van der Waals surface area contributed by atoms with Crippen LogP contribution in [0.3, 0.4) is 0 Å². The Hall–Kier alpha value is -1.72. The maximum Gasteiger partial charge on any atom is 0.238 e. The topological polar surface area (TPSA) is 45.2 Å². The van der Waals surface area contributed by atoms with Crippen LogP contribution in [-0.2, 0) is 4.79 Å². The van der Waals surface area contributed by atoms with Crippen LogP contribution in [0.15, 0.2) is 47.2 Å². The lowest BCUT2D eigenvalue weighted by molar-refractivity contribution is -0.117. The fourth-order valence-electron chi connectivity index (χ4n) is 3.22. The molecule has 1 saturated heterocycles. The molecule has 0 spiro atoms. The van der Waals surface area contributed by atoms with E-state index in [0.29, 0.717) is 12.5 Å². The molecule has 0 bridgehead atoms. The third-order valence-electron chi connectivity index (χ3n) is 4.59. The summed E-state index contributed by atoms with van der Waals surface area (Å²) in [4.78, 5) is 18.6. The van der Waals surface area contributed by atoms with E-state index in [0.717, 1.165) is 41.7 Å². The standard InChI is InChI=1S/C19H22BrN3O/c1-14-12-17(20)2-3-18(14)22-19(24)13-23-10-6-16(7-11-23)15-4-8-21-9-5-15/h2-5,8-9,12,16H,6-7,10-11,13H2,1H3,(H,22,24). The molecule has 1 aliphatic heterocycles. The highest BCUT2D eigenvalue weighted by Crippen LogP contribution is 2.27. The molecule has 1 fully saturated rings. The van der Waals surface area contributed by atoms with Crippen LogP contribution in [0.25, 0.3) is 0 Å². The molecule has 1 aliphatic rings. The number of amides is 1. The first-order chi connectivity index (χ1) is 11.6. The third-order valence-corrected chi connectivity index (χ3v) is 5.09. The van der Waals surface area contributed by atoms with Gasteiger partial charge in [-0.1, -0.05) is 15.9 Å². The summed E-state index contributed by atoms with van der Waals surface area (Å²) < 4.78 is 1.02. The summed E-state index contributed by atoms with van der Waals surface area (Å²) in [6, 6.07) is 10.1. The van der Waals surface area contributed by atoms with Gasteiger partial charge in [-0.2, -0.15) is 0 Å². The van der Waals surface area contributed by atoms with E-state index < -0.39 is 0 Å². The monoisotopic (exact) mass is 387 g/mol. The van der Waals surface area contributed by atoms with E-state index in [1.807, 2.05) is 37.5 Å². The average Bonchev–Trinajstić information content (AvgIpc) is 2.59. The minimum Gasteiger partial charge on any atom is -0.325 e. The van der Waals surface area contributed by atoms with Gasteiger partial charge in [0.15, 0.2) is 0 Å². The summed E-state index contributed by atoms with van der Waals surface area (Å²) in [5.74, 6) is 0.642. The number of rotatable bonds is 4. The van der Waals surface area contributed by atoms with Gasteiger partial charge in [0.2, 0.25) is 5.91 Å². The van der Waals surface area contributed by atoms with E-state index in [9.17, 15) is 4.79 Å². The number of likely N-dealkylation sites (tertiary alicyclic amines) is 1. The maximum absolute atomic E-state index is 12.3. The molecule has 3 rings (SSSR count). The highest BCUT2D eigenvalue weighted by Gasteiger charge is 2.22. The molecule has 0 aliphatic carbocycles. The Bertz CT molecular complexity index is 697. The summed E-state index contributed by atoms with van der Waals surface area (Å²) in [5.41, 5.74) is 3.31. The van der Waals surface area contributed by atoms with Gasteiger partial charge in [-0.05, 0) is 80.2 Å². The Kier molecular flexibility index (Phi) is 5.63. The molecule has 4 nitrogen and oxygen atoms in total. The number of pyridine rings is 1. The second-order valence-electron chi connectivity index (χ2n) is 6.34. The quantitative estimate of drug-likeness (QED) is 0.862. The smallest absolute Gasteiger partial charge is 0.238 e. The summed E-state index contributed by atoms with van der Waals surface area (Å²) in [6.07, 6.45) is 5.90. The average molecular weight is 388 g/mol. The van der Waals surface area contributed by atoms with Gasteiger partial charge in [0.1, 0.15) is 0 Å². The molecule has 1 aromatic heterocycles. The Morgan fingerprint density at radius 1 is 1.25 bits per heavy atom. The number of halogens is 1. The van der Waals surface area contributed by atoms with Crippen LogP contribution < -0.4 is 5.32 Å². The number of nitrogens with zero attached hydrogens (tertiary/aromatic N) is 2. The number of anilines is 1. The molecule has 1 amide bonds. The normalized spacial score (nSPS) is 16.1. The van der Waals surface area contributed by atoms with E-state index in [2.05, 4.69) is 43.3 Å². The number of piperidine rings is 1. The lowest BCUT2D eigenvalue weighted by atomic mass is 9.90. The molecule has 1 aromatic carbocycles. The van der Waals surface area contributed by atoms with Gasteiger partial charge in [-0.25, -0.2) is 0 Å². The molecular formula is C19H22BrN3O. The van der Waals surface area contributed by atoms with Crippen molar-refractivity contribution in [2.75, 3.05) is 25.0 Å². The first-order valence-electron chi connectivity index (χ1n) is 8.30. The fourth-order valence-corrected chi connectivity index (χ4v) is 3.70. The highest BCUT2D eigenvalue weighted by atomic mass is 79.9. The Morgan fingerprint density at radius 3 is 2.62 bits per heavy atom. The molecule has 1 N–H and O–H groups in total. The van der Waals surface area contributed by atoms with E-state index >= 15 is 0 Å². The maximum atomic E-state index is 12.3. The third kappa shape index (κ3) is 4.42. The number of carbonyl (C=O) groups is 1. The number of aromatic nitrogens is 1. The zero-order valence-corrected chi connectivity index (χ0v) is 15.4. The Balaban J connectivity index is 1.50. The first-order valence-corrected chi connectivity index (χ1v) is 9.09. The minimum atomic E-state index is 0.0581. The Morgan fingerprint density at radius 2 is 1.96 bits per heavy atom. The van der Waals surface area contributed by atoms with E-state index in [1.165, 1.54) is 5.56 Å². The molecule has 5 heteroatoms. The Labute approximate surface area is 151 Å². The summed E-state index contributed by atoms with van der Waals surface area (Å²) in [6.45, 7) is 4.37. The number of nitrogens with one attached hydrogen (secondary N) is 1. The van der Waals surface area contributed by atoms with E-state index in [4.69, 9.17) is 0 Å². The van der Waals surface area contributed by atoms with Crippen LogP contribution in [0, 0.1) is 6.92 Å². The van der Waals surface area contributed by atoms with Crippen molar-refractivity contribution in [3.63, 3.8) is 0 Å². The summed E-state index contributed by atoms with van der Waals surface area (Å²) >= 11 is 3.44. The number of hydrogen-bond acceptors (Lipinski definition) is 3. The SMILES string of the molecule is Cc1cc(Br)ccc1NC(=O)CN1CCC(c2ccncc2)CC1. The fraction of sp³-hybridized carbons (Fsp3) is 0.368. The van der Waals surface area contributed by atoms with Gasteiger partial charge >= 0.3 is 0 Å². The number of aryl methyl sites for hydroxylation is 1. The summed E-state index contributed by atoms with van der Waals surface area (Å²) in [7, 11) is 0. The number of hydrogen-bond donors (Lipinski definition) is 1. The lowest BCUT2D eigenvalue weighted by Gasteiger charge is -2.31. The van der Waals surface area contributed by atoms with Gasteiger partial charge < -0.3 is 5.32 Å². The molecule has 2 aromatic rings. The van der Waals surface area contributed by atoms with Crippen molar-refractivity contribution in [2.24, 2.45) is 0 Å². The zero-order chi connectivity index (χ0) is 16.9. The molecule has 126 valence electrons. The van der Waals surface area contributed by atoms with Crippen LogP contribution in [-0.4, -0.2) is 35.4 Å². The van der Waals surface area contributed by atoms with E-state index in [1.54, 1.807) is 0 Å². The predicted molar refractivity (Wildman–Crippen MR) is 100 cm³/mol. The van der Waals surface area contributed by atoms with E-state index in [-0.39, 0.29) is 5.91 Å². The van der Waals surface area contributed by atoms with Gasteiger partial charge in [-0.15, -0.1) is 0 Å². The van der Waals surface area contributed by atoms with Crippen LogP contribution in [0.4, 0.5) is 5.69 Å². The largest absolute Gasteiger partial charge is 0.325 e. The van der Waals surface area contributed by atoms with Gasteiger partial charge in [0, 0.05) is 22.6 Å². The molecule has 0 saturated carbocycles. The second-order valence-corrected chi connectivity index (χ2v) is 7.25. The van der Waals surface area contributed by atoms with Crippen LogP contribution >= 0.6 is 15.9 Å². The predicted octanol–water partition coefficient (Wildman–Crippen LogP) is 3.97. The van der Waals surface area contributed by atoms with Gasteiger partial charge in [0.05, 0.1) is 6.54 Å². The lowest BCUT2D eigenvalue weighted by Crippen LogP contribution is -2.38. The minimum absolute atomic E-state index is 0.0581. The van der Waals surface area contributed by atoms with Crippen molar-refractivity contribution < 1.29 is 4.79 Å². The number of carbonyl (C=O) groups excluding carboxylic acids is 1. The highest BCUT2D eigenvalue weighted by molar-refractivity contribution is 9.10. The summed E-state index contributed by atoms with van der Waals surface area (Å²) in [5, 5.41) is 3.02. The molecule has 0 radical (unpaired) electrons. The van der Waals surface area contributed by atoms with Gasteiger partial charge in [-0.3, -0.25) is 14.7 Å². The zero-order valence-electron chi connectivity index (χ0n) is 13.8. The van der Waals surface area contributed by atoms with Crippen molar-refractivity contribution >= 4 is 27.5 Å². The molecule has 0 unspecified atom stereocenters. The van der Waals surface area contributed by atoms with Crippen molar-refractivity contribution in [1.29, 1.82) is 0 Å². The second kappa shape index (κ2) is 7.90. The van der Waals surface area contributed by atoms with Crippen LogP contribution in [0.1, 0.15) is 29.9 Å². The van der Waals surface area contributed by atoms with Crippen molar-refractivity contribution in [2.45, 2.75) is 25.7 Å². The number of benzene rings is 1. The van der Waals surface area contributed by atoms with Crippen LogP contribution in [0.5, 0.6) is 0 Å².